The molecule has 0 aromatic rings. The molecule has 4 aliphatic rings. The molecule has 0 aromatic heterocycles. The number of ketones is 1. The Hall–Kier alpha value is -0.360. The molecule has 4 N–H and O–H groups in total. The minimum absolute atomic E-state index is 0.117. The highest BCUT2D eigenvalue weighted by atomic mass is 31.2. The first kappa shape index (κ1) is 29.6. The smallest absolute Gasteiger partial charge is 0.388 e. The van der Waals surface area contributed by atoms with Crippen LogP contribution in [0.1, 0.15) is 105 Å². The van der Waals surface area contributed by atoms with Gasteiger partial charge in [0.2, 0.25) is 5.78 Å². The van der Waals surface area contributed by atoms with Crippen molar-refractivity contribution >= 4 is 13.7 Å². The summed E-state index contributed by atoms with van der Waals surface area (Å²) in [5.41, 5.74) is 1.94. The van der Waals surface area contributed by atoms with E-state index in [4.69, 9.17) is 4.74 Å². The molecule has 37 heavy (non-hydrogen) atoms. The van der Waals surface area contributed by atoms with Crippen molar-refractivity contribution in [3.63, 3.8) is 0 Å². The molecule has 4 aliphatic carbocycles. The van der Waals surface area contributed by atoms with Crippen molar-refractivity contribution in [2.75, 3.05) is 6.61 Å². The third-order valence-corrected chi connectivity index (χ3v) is 12.4. The van der Waals surface area contributed by atoms with Gasteiger partial charge in [0.25, 0.3) is 0 Å². The number of fused-ring (bicyclic) bond motifs is 5. The summed E-state index contributed by atoms with van der Waals surface area (Å²) >= 11 is 0. The largest absolute Gasteiger partial charge is 0.443 e. The zero-order valence-corrected chi connectivity index (χ0v) is 24.6. The van der Waals surface area contributed by atoms with Gasteiger partial charge in [0, 0.05) is 0 Å². The van der Waals surface area contributed by atoms with Gasteiger partial charge >= 0.3 is 13.8 Å². The molecule has 0 aliphatic heterocycles. The first-order valence-corrected chi connectivity index (χ1v) is 16.6. The quantitative estimate of drug-likeness (QED) is 0.199. The Morgan fingerprint density at radius 2 is 1.78 bits per heavy atom. The van der Waals surface area contributed by atoms with Crippen molar-refractivity contribution in [2.24, 2.45) is 46.3 Å². The number of rotatable bonds is 10. The Labute approximate surface area is 224 Å². The van der Waals surface area contributed by atoms with E-state index in [1.165, 1.54) is 50.5 Å². The van der Waals surface area contributed by atoms with Crippen molar-refractivity contribution < 1.29 is 29.3 Å². The number of Topliss-reactive ketones (excluding diaryl/α,β-unsaturated/α-hetero) is 1. The predicted molar refractivity (Wildman–Crippen MR) is 147 cm³/mol. The van der Waals surface area contributed by atoms with Crippen molar-refractivity contribution in [1.82, 2.24) is 0 Å². The van der Waals surface area contributed by atoms with Gasteiger partial charge in [0.15, 0.2) is 0 Å². The van der Waals surface area contributed by atoms with Crippen LogP contribution in [-0.4, -0.2) is 44.1 Å². The molecule has 0 bridgehead atoms. The van der Waals surface area contributed by atoms with Crippen LogP contribution in [0.15, 0.2) is 11.6 Å². The van der Waals surface area contributed by atoms with Crippen LogP contribution in [0, 0.1) is 46.3 Å². The number of ether oxygens (including phenoxy) is 1. The third kappa shape index (κ3) is 5.77. The Kier molecular flexibility index (Phi) is 9.01. The topological polar surface area (TPSA) is 107 Å². The molecule has 3 saturated carbocycles. The van der Waals surface area contributed by atoms with Crippen LogP contribution in [0.5, 0.6) is 0 Å². The highest BCUT2D eigenvalue weighted by Crippen LogP contribution is 2.67. The molecular formula is C30H52O6P+. The van der Waals surface area contributed by atoms with Gasteiger partial charge in [-0.1, -0.05) is 65.5 Å². The van der Waals surface area contributed by atoms with Crippen molar-refractivity contribution in [3.8, 4) is 0 Å². The second-order valence-electron chi connectivity index (χ2n) is 13.9. The summed E-state index contributed by atoms with van der Waals surface area (Å²) in [6, 6.07) is 0. The van der Waals surface area contributed by atoms with Gasteiger partial charge < -0.3 is 9.84 Å². The average molecular weight is 540 g/mol. The molecule has 6 nitrogen and oxygen atoms in total. The lowest BCUT2D eigenvalue weighted by atomic mass is 9.47. The van der Waals surface area contributed by atoms with E-state index in [-0.39, 0.29) is 11.5 Å². The lowest BCUT2D eigenvalue weighted by molar-refractivity contribution is -0.134. The average Bonchev–Trinajstić information content (AvgIpc) is 3.18. The van der Waals surface area contributed by atoms with E-state index < -0.39 is 26.2 Å². The highest BCUT2D eigenvalue weighted by molar-refractivity contribution is 7.60. The van der Waals surface area contributed by atoms with Crippen LogP contribution >= 0.6 is 7.94 Å². The maximum atomic E-state index is 12.0. The summed E-state index contributed by atoms with van der Waals surface area (Å²) in [6.45, 7) is 11.3. The number of aliphatic hydroxyl groups excluding tert-OH is 1. The second kappa shape index (κ2) is 11.3. The number of allylic oxidation sites excluding steroid dienone is 1. The fourth-order valence-electron chi connectivity index (χ4n) is 9.38. The number of hydrogen-bond donors (Lipinski definition) is 4. The lowest BCUT2D eigenvalue weighted by Gasteiger charge is -2.58. The molecule has 0 radical (unpaired) electrons. The maximum Gasteiger partial charge on any atom is 0.443 e. The maximum absolute atomic E-state index is 12.0. The van der Waals surface area contributed by atoms with Gasteiger partial charge in [-0.25, -0.2) is 0 Å². The van der Waals surface area contributed by atoms with E-state index in [1.807, 2.05) is 0 Å². The summed E-state index contributed by atoms with van der Waals surface area (Å²) in [6.07, 6.45) is 14.9. The second-order valence-corrected chi connectivity index (χ2v) is 15.6. The Morgan fingerprint density at radius 3 is 2.43 bits per heavy atom. The van der Waals surface area contributed by atoms with Crippen molar-refractivity contribution in [1.29, 1.82) is 0 Å². The van der Waals surface area contributed by atoms with E-state index in [9.17, 15) is 24.6 Å². The monoisotopic (exact) mass is 539 g/mol. The summed E-state index contributed by atoms with van der Waals surface area (Å²) in [5.74, 6) is 1.99. The highest BCUT2D eigenvalue weighted by Gasteiger charge is 2.59. The fraction of sp³-hybridized carbons (Fsp3) is 0.900. The van der Waals surface area contributed by atoms with E-state index in [2.05, 4.69) is 40.7 Å². The first-order chi connectivity index (χ1) is 17.3. The molecule has 2 unspecified atom stereocenters. The first-order valence-electron chi connectivity index (χ1n) is 14.9. The van der Waals surface area contributed by atoms with Crippen molar-refractivity contribution in [2.45, 2.75) is 117 Å². The Bertz CT molecular complexity index is 851. The van der Waals surface area contributed by atoms with Gasteiger partial charge in [-0.3, -0.25) is 4.79 Å². The zero-order valence-electron chi connectivity index (χ0n) is 23.7. The van der Waals surface area contributed by atoms with Crippen LogP contribution in [0.25, 0.3) is 0 Å². The summed E-state index contributed by atoms with van der Waals surface area (Å²) in [5, 5.41) is 9.21. The van der Waals surface area contributed by atoms with Gasteiger partial charge in [-0.15, -0.1) is 0 Å². The summed E-state index contributed by atoms with van der Waals surface area (Å²) in [7, 11) is -4.54. The molecule has 212 valence electrons. The lowest BCUT2D eigenvalue weighted by Crippen LogP contribution is -2.51. The van der Waals surface area contributed by atoms with Crippen molar-refractivity contribution in [3.05, 3.63) is 11.6 Å². The molecule has 3 fully saturated rings. The summed E-state index contributed by atoms with van der Waals surface area (Å²) in [4.78, 5) is 41.2. The third-order valence-electron chi connectivity index (χ3n) is 11.3. The molecule has 0 amide bonds. The van der Waals surface area contributed by atoms with E-state index in [0.717, 1.165) is 42.4 Å². The van der Waals surface area contributed by atoms with Crippen LogP contribution in [0.3, 0.4) is 0 Å². The van der Waals surface area contributed by atoms with Gasteiger partial charge in [0.1, 0.15) is 6.61 Å². The minimum Gasteiger partial charge on any atom is -0.388 e. The minimum atomic E-state index is -4.54. The molecule has 4 rings (SSSR count). The number of carbonyl (C=O) groups excluding carboxylic acids is 1. The Balaban J connectivity index is 1.45. The number of aliphatic hydroxyl groups is 1. The van der Waals surface area contributed by atoms with Gasteiger partial charge in [-0.05, 0) is 97.7 Å². The molecule has 0 aromatic carbocycles. The molecule has 0 heterocycles. The predicted octanol–water partition coefficient (Wildman–Crippen LogP) is 6.04. The van der Waals surface area contributed by atoms with E-state index in [0.29, 0.717) is 24.2 Å². The van der Waals surface area contributed by atoms with E-state index in [1.54, 1.807) is 0 Å². The summed E-state index contributed by atoms with van der Waals surface area (Å²) < 4.78 is 5.76. The molecule has 9 atom stereocenters. The zero-order chi connectivity index (χ0) is 27.2. The molecule has 7 heteroatoms. The van der Waals surface area contributed by atoms with Crippen LogP contribution in [0.2, 0.25) is 0 Å². The number of carbonyl (C=O) groups is 1. The SMILES string of the molecule is CC(C)CCC[C@@H](C)[C@H]1CC[C@H]2[C@@H]3CC=C4CC(OC(C(=O)CO)[P+](O)(O)O)CC[C@]4(C)[C@H]3CC[C@]12C. The normalized spacial score (nSPS) is 39.4. The molecular weight excluding hydrogens is 487 g/mol. The van der Waals surface area contributed by atoms with Crippen LogP contribution < -0.4 is 0 Å². The molecule has 0 saturated heterocycles. The van der Waals surface area contributed by atoms with Crippen LogP contribution in [0.4, 0.5) is 0 Å². The van der Waals surface area contributed by atoms with Gasteiger partial charge in [-0.2, -0.15) is 14.7 Å². The van der Waals surface area contributed by atoms with E-state index >= 15 is 0 Å². The van der Waals surface area contributed by atoms with Gasteiger partial charge in [0.05, 0.1) is 6.10 Å². The Morgan fingerprint density at radius 1 is 1.05 bits per heavy atom. The van der Waals surface area contributed by atoms with Crippen LogP contribution in [-0.2, 0) is 9.53 Å². The standard InChI is InChI=1S/C30H52O6P/c1-19(2)7-6-8-20(3)24-11-12-25-23-10-9-21-17-22(36-28(27(32)18-31)37(33,34)35)13-15-29(21,4)26(23)14-16-30(24,25)5/h9,19-20,22-26,28,31,33-35H,6-8,10-18H2,1-5H3/q+1/t20-,22?,23+,24-,25+,26+,28?,29+,30-/m1/s1. The number of hydrogen-bond acceptors (Lipinski definition) is 6. The fourth-order valence-corrected chi connectivity index (χ4v) is 10.2. The molecule has 0 spiro atoms.